The standard InChI is InChI=1S/C21H22N4O2/c1-25-18-9-5-2-6-15(18)14(12-21(25)27)13-22-20(26)11-10-19-23-16-7-3-4-8-17(16)24-19/h2-9,14H,10-13H2,1H3,(H,22,26)(H,23,24). The summed E-state index contributed by atoms with van der Waals surface area (Å²) in [5, 5.41) is 2.98. The van der Waals surface area contributed by atoms with Crippen molar-refractivity contribution in [2.75, 3.05) is 18.5 Å². The van der Waals surface area contributed by atoms with E-state index < -0.39 is 0 Å². The molecule has 0 fully saturated rings. The Labute approximate surface area is 157 Å². The molecule has 0 radical (unpaired) electrons. The van der Waals surface area contributed by atoms with Crippen molar-refractivity contribution in [2.45, 2.75) is 25.2 Å². The maximum Gasteiger partial charge on any atom is 0.227 e. The van der Waals surface area contributed by atoms with Gasteiger partial charge in [-0.2, -0.15) is 0 Å². The number of para-hydroxylation sites is 3. The molecule has 1 unspecified atom stereocenters. The predicted octanol–water partition coefficient (Wildman–Crippen LogP) is 2.76. The second kappa shape index (κ2) is 7.23. The molecule has 1 aromatic heterocycles. The zero-order chi connectivity index (χ0) is 18.8. The number of benzene rings is 2. The maximum atomic E-state index is 12.3. The minimum absolute atomic E-state index is 0.0139. The fourth-order valence-corrected chi connectivity index (χ4v) is 3.59. The average Bonchev–Trinajstić information content (AvgIpc) is 3.11. The third-order valence-electron chi connectivity index (χ3n) is 5.11. The van der Waals surface area contributed by atoms with Crippen molar-refractivity contribution in [2.24, 2.45) is 0 Å². The first kappa shape index (κ1) is 17.3. The molecule has 2 aromatic carbocycles. The van der Waals surface area contributed by atoms with Gasteiger partial charge < -0.3 is 15.2 Å². The second-order valence-corrected chi connectivity index (χ2v) is 6.92. The number of aromatic nitrogens is 2. The van der Waals surface area contributed by atoms with E-state index in [1.165, 1.54) is 0 Å². The molecule has 6 heteroatoms. The summed E-state index contributed by atoms with van der Waals surface area (Å²) in [5.74, 6) is 0.876. The number of fused-ring (bicyclic) bond motifs is 2. The van der Waals surface area contributed by atoms with Gasteiger partial charge in [0.15, 0.2) is 0 Å². The van der Waals surface area contributed by atoms with Crippen LogP contribution in [0.1, 0.15) is 30.1 Å². The molecule has 1 atom stereocenters. The van der Waals surface area contributed by atoms with Gasteiger partial charge in [0.2, 0.25) is 11.8 Å². The fraction of sp³-hybridized carbons (Fsp3) is 0.286. The monoisotopic (exact) mass is 362 g/mol. The van der Waals surface area contributed by atoms with E-state index >= 15 is 0 Å². The number of carbonyl (C=O) groups is 2. The highest BCUT2D eigenvalue weighted by Crippen LogP contribution is 2.34. The van der Waals surface area contributed by atoms with Gasteiger partial charge in [0.05, 0.1) is 11.0 Å². The van der Waals surface area contributed by atoms with Gasteiger partial charge in [0.1, 0.15) is 5.82 Å². The number of nitrogens with one attached hydrogen (secondary N) is 2. The lowest BCUT2D eigenvalue weighted by Crippen LogP contribution is -2.37. The van der Waals surface area contributed by atoms with Gasteiger partial charge in [-0.1, -0.05) is 30.3 Å². The Morgan fingerprint density at radius 2 is 2.00 bits per heavy atom. The summed E-state index contributed by atoms with van der Waals surface area (Å²) in [4.78, 5) is 33.9. The molecule has 4 rings (SSSR count). The highest BCUT2D eigenvalue weighted by Gasteiger charge is 2.28. The Morgan fingerprint density at radius 1 is 1.22 bits per heavy atom. The van der Waals surface area contributed by atoms with Gasteiger partial charge in [0, 0.05) is 44.5 Å². The largest absolute Gasteiger partial charge is 0.355 e. The van der Waals surface area contributed by atoms with Crippen LogP contribution in [0.15, 0.2) is 48.5 Å². The van der Waals surface area contributed by atoms with Crippen LogP contribution in [0.5, 0.6) is 0 Å². The van der Waals surface area contributed by atoms with Gasteiger partial charge in [-0.3, -0.25) is 9.59 Å². The topological polar surface area (TPSA) is 78.1 Å². The number of hydrogen-bond donors (Lipinski definition) is 2. The Hall–Kier alpha value is -3.15. The van der Waals surface area contributed by atoms with E-state index in [0.29, 0.717) is 25.8 Å². The Bertz CT molecular complexity index is 962. The van der Waals surface area contributed by atoms with Gasteiger partial charge in [0.25, 0.3) is 0 Å². The van der Waals surface area contributed by atoms with Crippen LogP contribution in [0.4, 0.5) is 5.69 Å². The summed E-state index contributed by atoms with van der Waals surface area (Å²) < 4.78 is 0. The van der Waals surface area contributed by atoms with Crippen molar-refractivity contribution in [3.8, 4) is 0 Å². The quantitative estimate of drug-likeness (QED) is 0.733. The minimum atomic E-state index is -0.0284. The average molecular weight is 362 g/mol. The first-order chi connectivity index (χ1) is 13.1. The first-order valence-corrected chi connectivity index (χ1v) is 9.17. The number of anilines is 1. The van der Waals surface area contributed by atoms with Gasteiger partial charge in [-0.05, 0) is 23.8 Å². The summed E-state index contributed by atoms with van der Waals surface area (Å²) in [6.07, 6.45) is 1.34. The van der Waals surface area contributed by atoms with Crippen molar-refractivity contribution in [1.82, 2.24) is 15.3 Å². The van der Waals surface area contributed by atoms with E-state index in [0.717, 1.165) is 28.1 Å². The Morgan fingerprint density at radius 3 is 2.85 bits per heavy atom. The van der Waals surface area contributed by atoms with E-state index in [2.05, 4.69) is 15.3 Å². The number of nitrogens with zero attached hydrogens (tertiary/aromatic N) is 2. The minimum Gasteiger partial charge on any atom is -0.355 e. The summed E-state index contributed by atoms with van der Waals surface area (Å²) in [5.41, 5.74) is 3.93. The normalized spacial score (nSPS) is 16.4. The molecule has 138 valence electrons. The van der Waals surface area contributed by atoms with Crippen LogP contribution in [0.3, 0.4) is 0 Å². The molecule has 3 aromatic rings. The highest BCUT2D eigenvalue weighted by molar-refractivity contribution is 5.96. The molecule has 6 nitrogen and oxygen atoms in total. The molecule has 0 aliphatic carbocycles. The Kier molecular flexibility index (Phi) is 4.62. The van der Waals surface area contributed by atoms with Gasteiger partial charge in [-0.25, -0.2) is 4.98 Å². The van der Waals surface area contributed by atoms with Crippen LogP contribution in [-0.2, 0) is 16.0 Å². The van der Waals surface area contributed by atoms with Crippen LogP contribution in [0.25, 0.3) is 11.0 Å². The summed E-state index contributed by atoms with van der Waals surface area (Å²) >= 11 is 0. The zero-order valence-corrected chi connectivity index (χ0v) is 15.2. The summed E-state index contributed by atoms with van der Waals surface area (Å²) in [7, 11) is 1.79. The summed E-state index contributed by atoms with van der Waals surface area (Å²) in [6.45, 7) is 0.468. The molecule has 1 aliphatic rings. The van der Waals surface area contributed by atoms with E-state index in [4.69, 9.17) is 0 Å². The first-order valence-electron chi connectivity index (χ1n) is 9.17. The van der Waals surface area contributed by atoms with Crippen molar-refractivity contribution in [3.05, 3.63) is 59.9 Å². The molecule has 0 bridgehead atoms. The smallest absolute Gasteiger partial charge is 0.227 e. The molecule has 0 saturated carbocycles. The molecule has 2 heterocycles. The molecule has 1 aliphatic heterocycles. The molecule has 2 N–H and O–H groups in total. The lowest BCUT2D eigenvalue weighted by Gasteiger charge is -2.31. The third-order valence-corrected chi connectivity index (χ3v) is 5.11. The maximum absolute atomic E-state index is 12.3. The number of imidazole rings is 1. The molecule has 2 amide bonds. The fourth-order valence-electron chi connectivity index (χ4n) is 3.59. The molecule has 27 heavy (non-hydrogen) atoms. The Balaban J connectivity index is 1.35. The highest BCUT2D eigenvalue weighted by atomic mass is 16.2. The van der Waals surface area contributed by atoms with Crippen LogP contribution in [-0.4, -0.2) is 35.4 Å². The van der Waals surface area contributed by atoms with Crippen molar-refractivity contribution >= 4 is 28.5 Å². The van der Waals surface area contributed by atoms with E-state index in [9.17, 15) is 9.59 Å². The van der Waals surface area contributed by atoms with Crippen LogP contribution in [0.2, 0.25) is 0 Å². The number of aryl methyl sites for hydroxylation is 1. The van der Waals surface area contributed by atoms with E-state index in [-0.39, 0.29) is 17.7 Å². The van der Waals surface area contributed by atoms with Crippen molar-refractivity contribution in [3.63, 3.8) is 0 Å². The number of amides is 2. The van der Waals surface area contributed by atoms with E-state index in [1.807, 2.05) is 48.5 Å². The van der Waals surface area contributed by atoms with E-state index in [1.54, 1.807) is 11.9 Å². The van der Waals surface area contributed by atoms with Crippen LogP contribution < -0.4 is 10.2 Å². The number of H-pyrrole nitrogens is 1. The number of rotatable bonds is 5. The molecule has 0 spiro atoms. The molecule has 0 saturated heterocycles. The van der Waals surface area contributed by atoms with Gasteiger partial charge >= 0.3 is 0 Å². The second-order valence-electron chi connectivity index (χ2n) is 6.92. The van der Waals surface area contributed by atoms with Crippen LogP contribution >= 0.6 is 0 Å². The van der Waals surface area contributed by atoms with Crippen molar-refractivity contribution in [1.29, 1.82) is 0 Å². The number of aromatic amines is 1. The lowest BCUT2D eigenvalue weighted by molar-refractivity contribution is -0.122. The predicted molar refractivity (Wildman–Crippen MR) is 105 cm³/mol. The lowest BCUT2D eigenvalue weighted by atomic mass is 9.89. The van der Waals surface area contributed by atoms with Gasteiger partial charge in [-0.15, -0.1) is 0 Å². The molecular weight excluding hydrogens is 340 g/mol. The SMILES string of the molecule is CN1C(=O)CC(CNC(=O)CCc2nc3ccccc3[nH]2)c2ccccc21. The van der Waals surface area contributed by atoms with Crippen molar-refractivity contribution < 1.29 is 9.59 Å². The third kappa shape index (κ3) is 3.56. The summed E-state index contributed by atoms with van der Waals surface area (Å²) in [6, 6.07) is 15.7. The van der Waals surface area contributed by atoms with Crippen LogP contribution in [0, 0.1) is 0 Å². The number of carbonyl (C=O) groups excluding carboxylic acids is 2. The zero-order valence-electron chi connectivity index (χ0n) is 15.2. The number of hydrogen-bond acceptors (Lipinski definition) is 3. The molecular formula is C21H22N4O2.